The van der Waals surface area contributed by atoms with Crippen molar-refractivity contribution >= 4 is 23.8 Å². The normalized spacial score (nSPS) is 12.9. The second kappa shape index (κ2) is 10.2. The van der Waals surface area contributed by atoms with Crippen LogP contribution in [-0.2, 0) is 9.53 Å². The van der Waals surface area contributed by atoms with Gasteiger partial charge in [0.2, 0.25) is 0 Å². The number of hydrogen-bond acceptors (Lipinski definition) is 5. The van der Waals surface area contributed by atoms with Gasteiger partial charge in [-0.3, -0.25) is 14.9 Å². The van der Waals surface area contributed by atoms with Gasteiger partial charge in [0.05, 0.1) is 6.42 Å². The molecule has 174 valence electrons. The van der Waals surface area contributed by atoms with Crippen LogP contribution in [0.1, 0.15) is 47.3 Å². The second-order valence-corrected chi connectivity index (χ2v) is 8.04. The van der Waals surface area contributed by atoms with Gasteiger partial charge in [0.1, 0.15) is 18.1 Å². The molecule has 4 rings (SSSR count). The number of nitrogens with zero attached hydrogens (tertiary/aromatic N) is 1. The highest BCUT2D eigenvalue weighted by Gasteiger charge is 2.29. The van der Waals surface area contributed by atoms with Crippen LogP contribution in [0.25, 0.3) is 11.1 Å². The van der Waals surface area contributed by atoms with Gasteiger partial charge in [0, 0.05) is 12.0 Å². The third-order valence-electron chi connectivity index (χ3n) is 5.80. The summed E-state index contributed by atoms with van der Waals surface area (Å²) in [5, 5.41) is 14.2. The number of anilines is 1. The number of benzene rings is 2. The van der Waals surface area contributed by atoms with Crippen LogP contribution < -0.4 is 10.6 Å². The molecule has 0 saturated carbocycles. The van der Waals surface area contributed by atoms with E-state index < -0.39 is 24.0 Å². The minimum Gasteiger partial charge on any atom is -0.481 e. The van der Waals surface area contributed by atoms with E-state index in [1.807, 2.05) is 36.4 Å². The molecule has 0 saturated heterocycles. The van der Waals surface area contributed by atoms with Crippen molar-refractivity contribution in [2.24, 2.45) is 0 Å². The molecular formula is C26H25N3O5. The van der Waals surface area contributed by atoms with Gasteiger partial charge in [0.25, 0.3) is 5.91 Å². The summed E-state index contributed by atoms with van der Waals surface area (Å²) in [6, 6.07) is 20.2. The maximum absolute atomic E-state index is 12.5. The molecular weight excluding hydrogens is 434 g/mol. The van der Waals surface area contributed by atoms with Crippen LogP contribution in [0.15, 0.2) is 66.7 Å². The molecule has 1 atom stereocenters. The van der Waals surface area contributed by atoms with Gasteiger partial charge in [-0.15, -0.1) is 0 Å². The standard InChI is InChI=1S/C26H25N3O5/c1-2-16(14-24(30)31)27-25(32)22-12-7-13-23(28-22)29-26(33)34-15-21-19-10-5-3-8-17(19)18-9-4-6-11-20(18)21/h3-13,16,21H,2,14-15H2,1H3,(H,27,32)(H,30,31)(H,28,29,33)/t16-/m0/s1. The molecule has 0 unspecified atom stereocenters. The summed E-state index contributed by atoms with van der Waals surface area (Å²) in [6.45, 7) is 1.95. The number of fused-ring (bicyclic) bond motifs is 3. The Hall–Kier alpha value is -4.20. The number of carbonyl (C=O) groups is 3. The van der Waals surface area contributed by atoms with Crippen molar-refractivity contribution in [2.45, 2.75) is 31.7 Å². The number of rotatable bonds is 8. The fourth-order valence-electron chi connectivity index (χ4n) is 4.14. The number of aromatic nitrogens is 1. The number of ether oxygens (including phenoxy) is 1. The van der Waals surface area contributed by atoms with Crippen molar-refractivity contribution in [3.05, 3.63) is 83.6 Å². The van der Waals surface area contributed by atoms with Crippen LogP contribution in [0.3, 0.4) is 0 Å². The predicted molar refractivity (Wildman–Crippen MR) is 127 cm³/mol. The average molecular weight is 460 g/mol. The van der Waals surface area contributed by atoms with Crippen LogP contribution in [0.2, 0.25) is 0 Å². The topological polar surface area (TPSA) is 118 Å². The van der Waals surface area contributed by atoms with E-state index in [4.69, 9.17) is 9.84 Å². The molecule has 8 nitrogen and oxygen atoms in total. The zero-order valence-corrected chi connectivity index (χ0v) is 18.7. The Morgan fingerprint density at radius 1 is 0.971 bits per heavy atom. The lowest BCUT2D eigenvalue weighted by Crippen LogP contribution is -2.36. The van der Waals surface area contributed by atoms with Crippen molar-refractivity contribution in [1.82, 2.24) is 10.3 Å². The lowest BCUT2D eigenvalue weighted by atomic mass is 9.98. The van der Waals surface area contributed by atoms with Crippen molar-refractivity contribution in [2.75, 3.05) is 11.9 Å². The first-order valence-corrected chi connectivity index (χ1v) is 11.1. The maximum atomic E-state index is 12.5. The van der Waals surface area contributed by atoms with E-state index in [1.54, 1.807) is 19.1 Å². The third-order valence-corrected chi connectivity index (χ3v) is 5.80. The van der Waals surface area contributed by atoms with Gasteiger partial charge >= 0.3 is 12.1 Å². The first kappa shape index (κ1) is 23.0. The molecule has 1 aliphatic rings. The summed E-state index contributed by atoms with van der Waals surface area (Å²) in [7, 11) is 0. The molecule has 0 aliphatic heterocycles. The monoisotopic (exact) mass is 459 g/mol. The zero-order chi connectivity index (χ0) is 24.1. The quantitative estimate of drug-likeness (QED) is 0.459. The number of carboxylic acid groups (broad SMARTS) is 1. The molecule has 2 aromatic carbocycles. The number of aliphatic carboxylic acids is 1. The lowest BCUT2D eigenvalue weighted by molar-refractivity contribution is -0.137. The molecule has 1 heterocycles. The fraction of sp³-hybridized carbons (Fsp3) is 0.231. The molecule has 1 aromatic heterocycles. The van der Waals surface area contributed by atoms with E-state index in [2.05, 4.69) is 27.8 Å². The van der Waals surface area contributed by atoms with E-state index >= 15 is 0 Å². The molecule has 0 bridgehead atoms. The number of hydrogen-bond donors (Lipinski definition) is 3. The smallest absolute Gasteiger partial charge is 0.412 e. The molecule has 0 fully saturated rings. The van der Waals surface area contributed by atoms with Crippen LogP contribution in [0, 0.1) is 0 Å². The number of pyridine rings is 1. The van der Waals surface area contributed by atoms with Gasteiger partial charge in [0.15, 0.2) is 0 Å². The highest BCUT2D eigenvalue weighted by Crippen LogP contribution is 2.44. The number of nitrogens with one attached hydrogen (secondary N) is 2. The molecule has 3 aromatic rings. The van der Waals surface area contributed by atoms with Crippen molar-refractivity contribution in [3.63, 3.8) is 0 Å². The first-order chi connectivity index (χ1) is 16.5. The maximum Gasteiger partial charge on any atom is 0.412 e. The van der Waals surface area contributed by atoms with Crippen molar-refractivity contribution in [3.8, 4) is 11.1 Å². The third kappa shape index (κ3) is 5.06. The Kier molecular flexibility index (Phi) is 6.87. The minimum atomic E-state index is -0.995. The Morgan fingerprint density at radius 2 is 1.62 bits per heavy atom. The summed E-state index contributed by atoms with van der Waals surface area (Å²) in [6.07, 6.45) is -0.389. The fourth-order valence-corrected chi connectivity index (χ4v) is 4.14. The summed E-state index contributed by atoms with van der Waals surface area (Å²) in [4.78, 5) is 40.0. The number of carbonyl (C=O) groups excluding carboxylic acids is 2. The Morgan fingerprint density at radius 3 is 2.24 bits per heavy atom. The van der Waals surface area contributed by atoms with Crippen LogP contribution in [0.4, 0.5) is 10.6 Å². The molecule has 1 aliphatic carbocycles. The second-order valence-electron chi connectivity index (χ2n) is 8.04. The van der Waals surface area contributed by atoms with Crippen LogP contribution in [0.5, 0.6) is 0 Å². The average Bonchev–Trinajstić information content (AvgIpc) is 3.16. The van der Waals surface area contributed by atoms with Crippen molar-refractivity contribution < 1.29 is 24.2 Å². The Labute approximate surface area is 197 Å². The molecule has 0 radical (unpaired) electrons. The van der Waals surface area contributed by atoms with E-state index in [0.717, 1.165) is 22.3 Å². The van der Waals surface area contributed by atoms with E-state index in [0.29, 0.717) is 6.42 Å². The van der Waals surface area contributed by atoms with E-state index in [1.165, 1.54) is 6.07 Å². The Balaban J connectivity index is 1.39. The summed E-state index contributed by atoms with van der Waals surface area (Å²) in [5.74, 6) is -1.41. The van der Waals surface area contributed by atoms with Gasteiger partial charge in [-0.1, -0.05) is 61.5 Å². The van der Waals surface area contributed by atoms with Gasteiger partial charge < -0.3 is 15.2 Å². The lowest BCUT2D eigenvalue weighted by Gasteiger charge is -2.15. The molecule has 2 amide bonds. The van der Waals surface area contributed by atoms with Gasteiger partial charge in [-0.2, -0.15) is 0 Å². The van der Waals surface area contributed by atoms with Crippen LogP contribution >= 0.6 is 0 Å². The summed E-state index contributed by atoms with van der Waals surface area (Å²) >= 11 is 0. The highest BCUT2D eigenvalue weighted by molar-refractivity contribution is 5.93. The zero-order valence-electron chi connectivity index (χ0n) is 18.7. The molecule has 0 spiro atoms. The molecule has 34 heavy (non-hydrogen) atoms. The molecule has 8 heteroatoms. The van der Waals surface area contributed by atoms with Crippen molar-refractivity contribution in [1.29, 1.82) is 0 Å². The predicted octanol–water partition coefficient (Wildman–Crippen LogP) is 4.43. The van der Waals surface area contributed by atoms with Gasteiger partial charge in [-0.05, 0) is 40.8 Å². The Bertz CT molecular complexity index is 1180. The van der Waals surface area contributed by atoms with Crippen LogP contribution in [-0.4, -0.2) is 40.7 Å². The highest BCUT2D eigenvalue weighted by atomic mass is 16.5. The summed E-state index contributed by atoms with van der Waals surface area (Å²) in [5.41, 5.74) is 4.57. The van der Waals surface area contributed by atoms with E-state index in [-0.39, 0.29) is 30.5 Å². The minimum absolute atomic E-state index is 0.0663. The molecule has 3 N–H and O–H groups in total. The SMILES string of the molecule is CC[C@@H](CC(=O)O)NC(=O)c1cccc(NC(=O)OCC2c3ccccc3-c3ccccc32)n1. The van der Waals surface area contributed by atoms with Gasteiger partial charge in [-0.25, -0.2) is 9.78 Å². The number of amides is 2. The van der Waals surface area contributed by atoms with E-state index in [9.17, 15) is 14.4 Å². The largest absolute Gasteiger partial charge is 0.481 e. The number of carboxylic acids is 1. The summed E-state index contributed by atoms with van der Waals surface area (Å²) < 4.78 is 5.51. The first-order valence-electron chi connectivity index (χ1n) is 11.1.